The van der Waals surface area contributed by atoms with Gasteiger partial charge in [0.05, 0.1) is 26.7 Å². The Labute approximate surface area is 240 Å². The second-order valence-electron chi connectivity index (χ2n) is 10.4. The van der Waals surface area contributed by atoms with Crippen molar-refractivity contribution in [2.45, 2.75) is 74.8 Å². The minimum absolute atomic E-state index is 0.0166. The molecule has 7 N–H and O–H groups in total. The van der Waals surface area contributed by atoms with Gasteiger partial charge in [0.1, 0.15) is 71.3 Å². The molecule has 2 aromatic carbocycles. The number of Topliss-reactive ketones (excluding diaryl/α,β-unsaturated/α-hetero) is 1. The van der Waals surface area contributed by atoms with E-state index in [1.54, 1.807) is 37.3 Å². The summed E-state index contributed by atoms with van der Waals surface area (Å²) < 4.78 is 33.3. The average Bonchev–Trinajstić information content (AvgIpc) is 2.98. The van der Waals surface area contributed by atoms with Crippen LogP contribution < -0.4 is 14.2 Å². The van der Waals surface area contributed by atoms with Crippen LogP contribution in [0.4, 0.5) is 0 Å². The zero-order valence-corrected chi connectivity index (χ0v) is 22.8. The van der Waals surface area contributed by atoms with Crippen LogP contribution in [0.25, 0.3) is 0 Å². The van der Waals surface area contributed by atoms with E-state index in [4.69, 9.17) is 28.4 Å². The molecule has 0 amide bonds. The number of phenols is 1. The van der Waals surface area contributed by atoms with Gasteiger partial charge in [0.15, 0.2) is 24.5 Å². The minimum Gasteiger partial charge on any atom is -0.507 e. The molecule has 0 spiro atoms. The first-order chi connectivity index (χ1) is 20.0. The quantitative estimate of drug-likeness (QED) is 0.206. The molecule has 3 heterocycles. The maximum atomic E-state index is 12.9. The van der Waals surface area contributed by atoms with Crippen molar-refractivity contribution in [3.05, 3.63) is 47.0 Å². The zero-order valence-electron chi connectivity index (χ0n) is 22.8. The number of ether oxygens (including phenoxy) is 6. The topological polar surface area (TPSA) is 214 Å². The zero-order chi connectivity index (χ0) is 30.3. The first kappa shape index (κ1) is 30.4. The summed E-state index contributed by atoms with van der Waals surface area (Å²) in [4.78, 5) is 12.9. The molecule has 14 heteroatoms. The van der Waals surface area contributed by atoms with Crippen LogP contribution in [-0.4, -0.2) is 117 Å². The lowest BCUT2D eigenvalue weighted by atomic mass is 9.94. The fraction of sp³-hybridized carbons (Fsp3) is 0.536. The van der Waals surface area contributed by atoms with Gasteiger partial charge in [0, 0.05) is 11.6 Å². The maximum Gasteiger partial charge on any atom is 0.189 e. The Hall–Kier alpha value is -3.05. The molecule has 2 saturated heterocycles. The number of ketones is 1. The van der Waals surface area contributed by atoms with E-state index in [0.29, 0.717) is 16.9 Å². The second-order valence-corrected chi connectivity index (χ2v) is 10.4. The SMILES string of the molecule is COc1cc2c(c(O)c1C)C(=O)CC(c1ccc(OC3C(CO)OC(OC4OCC(O)C(O)C4O)C(O)C3O)cc1)O2. The Morgan fingerprint density at radius 2 is 1.67 bits per heavy atom. The number of phenolic OH excluding ortho intramolecular Hbond substituents is 1. The lowest BCUT2D eigenvalue weighted by Gasteiger charge is -2.44. The highest BCUT2D eigenvalue weighted by Gasteiger charge is 2.49. The van der Waals surface area contributed by atoms with E-state index in [2.05, 4.69) is 0 Å². The molecule has 0 aliphatic carbocycles. The number of methoxy groups -OCH3 is 1. The number of benzene rings is 2. The molecular formula is C28H34O14. The predicted molar refractivity (Wildman–Crippen MR) is 139 cm³/mol. The Bertz CT molecular complexity index is 1270. The lowest BCUT2D eigenvalue weighted by Crippen LogP contribution is -2.63. The van der Waals surface area contributed by atoms with Crippen LogP contribution in [0.3, 0.4) is 0 Å². The Kier molecular flexibility index (Phi) is 8.89. The van der Waals surface area contributed by atoms with Crippen molar-refractivity contribution in [2.75, 3.05) is 20.3 Å². The average molecular weight is 595 g/mol. The van der Waals surface area contributed by atoms with Crippen molar-refractivity contribution in [3.8, 4) is 23.0 Å². The molecule has 0 aromatic heterocycles. The standard InChI is InChI=1S/C28H34O14/c1-11-16(37-2)8-18-20(21(11)32)14(30)7-17(40-18)12-3-5-13(6-4-12)39-26-19(9-29)41-28(25(36)23(26)34)42-27-24(35)22(33)15(31)10-38-27/h3-6,8,15,17,19,22-29,31-36H,7,9-10H2,1-2H3. The number of carbonyl (C=O) groups is 1. The third-order valence-corrected chi connectivity index (χ3v) is 7.68. The fourth-order valence-corrected chi connectivity index (χ4v) is 5.21. The van der Waals surface area contributed by atoms with E-state index in [0.717, 1.165) is 0 Å². The predicted octanol–water partition coefficient (Wildman–Crippen LogP) is -0.942. The van der Waals surface area contributed by atoms with E-state index in [9.17, 15) is 40.5 Å². The maximum absolute atomic E-state index is 12.9. The van der Waals surface area contributed by atoms with Crippen LogP contribution in [0.2, 0.25) is 0 Å². The van der Waals surface area contributed by atoms with Crippen LogP contribution in [0.1, 0.15) is 34.0 Å². The van der Waals surface area contributed by atoms with Crippen molar-refractivity contribution in [3.63, 3.8) is 0 Å². The van der Waals surface area contributed by atoms with Crippen molar-refractivity contribution in [2.24, 2.45) is 0 Å². The van der Waals surface area contributed by atoms with Crippen molar-refractivity contribution in [1.29, 1.82) is 0 Å². The Morgan fingerprint density at radius 3 is 2.33 bits per heavy atom. The van der Waals surface area contributed by atoms with Crippen molar-refractivity contribution >= 4 is 5.78 Å². The summed E-state index contributed by atoms with van der Waals surface area (Å²) in [5, 5.41) is 71.4. The lowest BCUT2D eigenvalue weighted by molar-refractivity contribution is -0.363. The molecule has 0 saturated carbocycles. The smallest absolute Gasteiger partial charge is 0.189 e. The number of carbonyl (C=O) groups excluding carboxylic acids is 1. The van der Waals surface area contributed by atoms with Gasteiger partial charge in [0.2, 0.25) is 0 Å². The van der Waals surface area contributed by atoms with Gasteiger partial charge in [-0.1, -0.05) is 12.1 Å². The number of aliphatic hydroxyl groups is 6. The van der Waals surface area contributed by atoms with Gasteiger partial charge in [0.25, 0.3) is 0 Å². The van der Waals surface area contributed by atoms with Gasteiger partial charge >= 0.3 is 0 Å². The summed E-state index contributed by atoms with van der Waals surface area (Å²) in [6, 6.07) is 7.97. The molecule has 2 aromatic rings. The molecule has 42 heavy (non-hydrogen) atoms. The Morgan fingerprint density at radius 1 is 0.976 bits per heavy atom. The van der Waals surface area contributed by atoms with Gasteiger partial charge in [-0.2, -0.15) is 0 Å². The van der Waals surface area contributed by atoms with Crippen molar-refractivity contribution < 1.29 is 69.0 Å². The van der Waals surface area contributed by atoms with Crippen LogP contribution in [0, 0.1) is 6.92 Å². The number of aliphatic hydroxyl groups excluding tert-OH is 6. The van der Waals surface area contributed by atoms with Crippen molar-refractivity contribution in [1.82, 2.24) is 0 Å². The summed E-state index contributed by atoms with van der Waals surface area (Å²) in [7, 11) is 1.45. The third-order valence-electron chi connectivity index (χ3n) is 7.68. The van der Waals surface area contributed by atoms with E-state index < -0.39 is 68.0 Å². The summed E-state index contributed by atoms with van der Waals surface area (Å²) in [5.74, 6) is 0.353. The van der Waals surface area contributed by atoms with Gasteiger partial charge < -0.3 is 64.2 Å². The number of aromatic hydroxyl groups is 1. The van der Waals surface area contributed by atoms with Gasteiger partial charge in [-0.3, -0.25) is 4.79 Å². The monoisotopic (exact) mass is 594 g/mol. The molecule has 0 bridgehead atoms. The molecule has 230 valence electrons. The highest BCUT2D eigenvalue weighted by molar-refractivity contribution is 6.03. The molecule has 3 aliphatic rings. The van der Waals surface area contributed by atoms with E-state index in [-0.39, 0.29) is 41.6 Å². The molecule has 5 rings (SSSR count). The van der Waals surface area contributed by atoms with Crippen LogP contribution in [0.5, 0.6) is 23.0 Å². The summed E-state index contributed by atoms with van der Waals surface area (Å²) in [5.41, 5.74) is 1.17. The fourth-order valence-electron chi connectivity index (χ4n) is 5.21. The van der Waals surface area contributed by atoms with E-state index >= 15 is 0 Å². The largest absolute Gasteiger partial charge is 0.507 e. The van der Waals surface area contributed by atoms with Crippen LogP contribution in [0.15, 0.2) is 30.3 Å². The molecule has 14 nitrogen and oxygen atoms in total. The van der Waals surface area contributed by atoms with E-state index in [1.807, 2.05) is 0 Å². The van der Waals surface area contributed by atoms with Gasteiger partial charge in [-0.25, -0.2) is 0 Å². The third kappa shape index (κ3) is 5.65. The second kappa shape index (κ2) is 12.3. The van der Waals surface area contributed by atoms with Crippen LogP contribution in [-0.2, 0) is 14.2 Å². The van der Waals surface area contributed by atoms with Gasteiger partial charge in [-0.05, 0) is 24.6 Å². The molecule has 10 atom stereocenters. The molecule has 2 fully saturated rings. The Balaban J connectivity index is 1.25. The minimum atomic E-state index is -1.70. The van der Waals surface area contributed by atoms with E-state index in [1.165, 1.54) is 7.11 Å². The number of hydrogen-bond acceptors (Lipinski definition) is 14. The summed E-state index contributed by atoms with van der Waals surface area (Å²) in [6.45, 7) is 0.665. The molecule has 0 radical (unpaired) electrons. The highest BCUT2D eigenvalue weighted by Crippen LogP contribution is 2.44. The normalized spacial score (nSPS) is 34.8. The molecule has 10 unspecified atom stereocenters. The summed E-state index contributed by atoms with van der Waals surface area (Å²) in [6.07, 6.45) is -14.0. The summed E-state index contributed by atoms with van der Waals surface area (Å²) >= 11 is 0. The highest BCUT2D eigenvalue weighted by atomic mass is 16.8. The number of rotatable bonds is 7. The number of fused-ring (bicyclic) bond motifs is 1. The van der Waals surface area contributed by atoms with Crippen LogP contribution >= 0.6 is 0 Å². The van der Waals surface area contributed by atoms with Gasteiger partial charge in [-0.15, -0.1) is 0 Å². The molecular weight excluding hydrogens is 560 g/mol. The first-order valence-electron chi connectivity index (χ1n) is 13.3. The molecule has 3 aliphatic heterocycles. The first-order valence-corrected chi connectivity index (χ1v) is 13.3. The number of hydrogen-bond donors (Lipinski definition) is 7.